The van der Waals surface area contributed by atoms with Crippen molar-refractivity contribution in [2.45, 2.75) is 13.8 Å². The number of nitrogens with zero attached hydrogens (tertiary/aromatic N) is 1. The highest BCUT2D eigenvalue weighted by molar-refractivity contribution is 6.04. The maximum absolute atomic E-state index is 12.0. The molecule has 2 aromatic rings. The van der Waals surface area contributed by atoms with E-state index in [9.17, 15) is 9.90 Å². The van der Waals surface area contributed by atoms with Crippen LogP contribution in [0.15, 0.2) is 36.5 Å². The Hall–Kier alpha value is -2.36. The minimum Gasteiger partial charge on any atom is -0.508 e. The third kappa shape index (κ3) is 2.48. The number of benzene rings is 1. The Morgan fingerprint density at radius 3 is 2.67 bits per heavy atom. The van der Waals surface area contributed by atoms with Gasteiger partial charge < -0.3 is 10.4 Å². The lowest BCUT2D eigenvalue weighted by atomic mass is 10.1. The van der Waals surface area contributed by atoms with Crippen molar-refractivity contribution in [3.05, 3.63) is 53.3 Å². The van der Waals surface area contributed by atoms with Crippen LogP contribution in [0.3, 0.4) is 0 Å². The molecule has 0 bridgehead atoms. The van der Waals surface area contributed by atoms with Crippen molar-refractivity contribution >= 4 is 11.6 Å². The molecule has 0 unspecified atom stereocenters. The highest BCUT2D eigenvalue weighted by atomic mass is 16.3. The molecule has 18 heavy (non-hydrogen) atoms. The molecule has 0 saturated carbocycles. The maximum atomic E-state index is 12.0. The Bertz CT molecular complexity index is 577. The molecular formula is C14H14N2O2. The number of amides is 1. The first-order valence-electron chi connectivity index (χ1n) is 5.60. The SMILES string of the molecule is Cc1ccc(C(=O)Nc2cccc(O)c2C)cn1. The summed E-state index contributed by atoms with van der Waals surface area (Å²) < 4.78 is 0. The minimum atomic E-state index is -0.240. The summed E-state index contributed by atoms with van der Waals surface area (Å²) in [5.74, 6) is -0.0777. The second-order valence-electron chi connectivity index (χ2n) is 4.09. The van der Waals surface area contributed by atoms with Crippen molar-refractivity contribution in [2.24, 2.45) is 0 Å². The van der Waals surface area contributed by atoms with E-state index in [1.54, 1.807) is 37.3 Å². The zero-order valence-corrected chi connectivity index (χ0v) is 10.3. The number of phenols is 1. The molecule has 0 spiro atoms. The summed E-state index contributed by atoms with van der Waals surface area (Å²) in [4.78, 5) is 16.0. The molecule has 0 aliphatic heterocycles. The van der Waals surface area contributed by atoms with Crippen LogP contribution in [0, 0.1) is 13.8 Å². The normalized spacial score (nSPS) is 10.1. The molecule has 0 saturated heterocycles. The Balaban J connectivity index is 2.21. The first kappa shape index (κ1) is 12.1. The summed E-state index contributed by atoms with van der Waals surface area (Å²) in [7, 11) is 0. The number of carbonyl (C=O) groups is 1. The molecule has 2 rings (SSSR count). The summed E-state index contributed by atoms with van der Waals surface area (Å²) in [5, 5.41) is 12.3. The van der Waals surface area contributed by atoms with Crippen LogP contribution in [0.2, 0.25) is 0 Å². The van der Waals surface area contributed by atoms with Gasteiger partial charge in [0.15, 0.2) is 0 Å². The standard InChI is InChI=1S/C14H14N2O2/c1-9-6-7-11(8-15-9)14(18)16-12-4-3-5-13(17)10(12)2/h3-8,17H,1-2H3,(H,16,18). The van der Waals surface area contributed by atoms with Crippen LogP contribution in [-0.4, -0.2) is 16.0 Å². The number of aromatic nitrogens is 1. The largest absolute Gasteiger partial charge is 0.508 e. The van der Waals surface area contributed by atoms with Crippen LogP contribution in [0.4, 0.5) is 5.69 Å². The number of hydrogen-bond donors (Lipinski definition) is 2. The predicted octanol–water partition coefficient (Wildman–Crippen LogP) is 2.66. The van der Waals surface area contributed by atoms with Crippen LogP contribution in [0.1, 0.15) is 21.6 Å². The smallest absolute Gasteiger partial charge is 0.257 e. The summed E-state index contributed by atoms with van der Waals surface area (Å²) in [6.45, 7) is 3.61. The Morgan fingerprint density at radius 1 is 1.22 bits per heavy atom. The molecule has 4 heteroatoms. The predicted molar refractivity (Wildman–Crippen MR) is 69.8 cm³/mol. The second-order valence-corrected chi connectivity index (χ2v) is 4.09. The van der Waals surface area contributed by atoms with Gasteiger partial charge in [0, 0.05) is 23.1 Å². The van der Waals surface area contributed by atoms with Crippen molar-refractivity contribution in [1.82, 2.24) is 4.98 Å². The average molecular weight is 242 g/mol. The fourth-order valence-corrected chi connectivity index (χ4v) is 1.56. The van der Waals surface area contributed by atoms with E-state index in [4.69, 9.17) is 0 Å². The molecule has 1 amide bonds. The first-order chi connectivity index (χ1) is 8.58. The van der Waals surface area contributed by atoms with Crippen molar-refractivity contribution in [3.63, 3.8) is 0 Å². The second kappa shape index (κ2) is 4.87. The van der Waals surface area contributed by atoms with Crippen LogP contribution in [0.25, 0.3) is 0 Å². The molecule has 0 radical (unpaired) electrons. The van der Waals surface area contributed by atoms with Gasteiger partial charge in [-0.25, -0.2) is 0 Å². The highest BCUT2D eigenvalue weighted by Gasteiger charge is 2.09. The number of aryl methyl sites for hydroxylation is 1. The van der Waals surface area contributed by atoms with Crippen molar-refractivity contribution in [2.75, 3.05) is 5.32 Å². The van der Waals surface area contributed by atoms with Crippen LogP contribution in [0.5, 0.6) is 5.75 Å². The van der Waals surface area contributed by atoms with Crippen molar-refractivity contribution < 1.29 is 9.90 Å². The summed E-state index contributed by atoms with van der Waals surface area (Å²) in [6.07, 6.45) is 1.53. The molecule has 0 fully saturated rings. The monoisotopic (exact) mass is 242 g/mol. The molecule has 2 N–H and O–H groups in total. The van der Waals surface area contributed by atoms with Crippen molar-refractivity contribution in [1.29, 1.82) is 0 Å². The molecule has 1 heterocycles. The van der Waals surface area contributed by atoms with E-state index < -0.39 is 0 Å². The van der Waals surface area contributed by atoms with Gasteiger partial charge in [0.2, 0.25) is 0 Å². The van der Waals surface area contributed by atoms with E-state index in [2.05, 4.69) is 10.3 Å². The number of pyridine rings is 1. The maximum Gasteiger partial charge on any atom is 0.257 e. The number of anilines is 1. The molecule has 92 valence electrons. The van der Waals surface area contributed by atoms with Crippen molar-refractivity contribution in [3.8, 4) is 5.75 Å². The van der Waals surface area contributed by atoms with Gasteiger partial charge in [-0.3, -0.25) is 9.78 Å². The number of carbonyl (C=O) groups excluding carboxylic acids is 1. The zero-order valence-electron chi connectivity index (χ0n) is 10.3. The van der Waals surface area contributed by atoms with Gasteiger partial charge in [0.1, 0.15) is 5.75 Å². The quantitative estimate of drug-likeness (QED) is 0.851. The molecule has 0 aliphatic rings. The van der Waals surface area contributed by atoms with E-state index >= 15 is 0 Å². The highest BCUT2D eigenvalue weighted by Crippen LogP contribution is 2.24. The Morgan fingerprint density at radius 2 is 2.00 bits per heavy atom. The Labute approximate surface area is 105 Å². The summed E-state index contributed by atoms with van der Waals surface area (Å²) >= 11 is 0. The van der Waals surface area contributed by atoms with Gasteiger partial charge >= 0.3 is 0 Å². The van der Waals surface area contributed by atoms with Gasteiger partial charge in [-0.2, -0.15) is 0 Å². The van der Waals surface area contributed by atoms with E-state index in [1.165, 1.54) is 6.20 Å². The molecule has 4 nitrogen and oxygen atoms in total. The molecule has 0 atom stereocenters. The molecular weight excluding hydrogens is 228 g/mol. The Kier molecular flexibility index (Phi) is 3.28. The van der Waals surface area contributed by atoms with Gasteiger partial charge in [-0.05, 0) is 38.1 Å². The summed E-state index contributed by atoms with van der Waals surface area (Å²) in [5.41, 5.74) is 2.59. The third-order valence-electron chi connectivity index (χ3n) is 2.73. The van der Waals surface area contributed by atoms with Gasteiger partial charge in [-0.1, -0.05) is 6.07 Å². The number of hydrogen-bond acceptors (Lipinski definition) is 3. The van der Waals surface area contributed by atoms with E-state index in [0.29, 0.717) is 16.8 Å². The lowest BCUT2D eigenvalue weighted by molar-refractivity contribution is 0.102. The molecule has 0 aliphatic carbocycles. The number of aromatic hydroxyl groups is 1. The van der Waals surface area contributed by atoms with Gasteiger partial charge in [0.25, 0.3) is 5.91 Å². The lowest BCUT2D eigenvalue weighted by Gasteiger charge is -2.09. The van der Waals surface area contributed by atoms with E-state index in [-0.39, 0.29) is 11.7 Å². The zero-order chi connectivity index (χ0) is 13.1. The fourth-order valence-electron chi connectivity index (χ4n) is 1.56. The lowest BCUT2D eigenvalue weighted by Crippen LogP contribution is -2.13. The number of phenolic OH excluding ortho intramolecular Hbond substituents is 1. The summed E-state index contributed by atoms with van der Waals surface area (Å²) in [6, 6.07) is 8.51. The average Bonchev–Trinajstić information content (AvgIpc) is 2.36. The molecule has 1 aromatic heterocycles. The van der Waals surface area contributed by atoms with Gasteiger partial charge in [0.05, 0.1) is 5.56 Å². The fraction of sp³-hybridized carbons (Fsp3) is 0.143. The van der Waals surface area contributed by atoms with Crippen LogP contribution < -0.4 is 5.32 Å². The number of nitrogens with one attached hydrogen (secondary N) is 1. The number of rotatable bonds is 2. The van der Waals surface area contributed by atoms with Gasteiger partial charge in [-0.15, -0.1) is 0 Å². The van der Waals surface area contributed by atoms with E-state index in [0.717, 1.165) is 5.69 Å². The first-order valence-corrected chi connectivity index (χ1v) is 5.60. The molecule has 1 aromatic carbocycles. The van der Waals surface area contributed by atoms with Crippen LogP contribution >= 0.6 is 0 Å². The topological polar surface area (TPSA) is 62.2 Å². The van der Waals surface area contributed by atoms with E-state index in [1.807, 2.05) is 6.92 Å². The minimum absolute atomic E-state index is 0.162. The van der Waals surface area contributed by atoms with Crippen LogP contribution in [-0.2, 0) is 0 Å². The third-order valence-corrected chi connectivity index (χ3v) is 2.73.